The number of hydrogen-bond donors (Lipinski definition) is 5. The maximum absolute atomic E-state index is 15.9. The van der Waals surface area contributed by atoms with E-state index in [1.165, 1.54) is 28.1 Å². The minimum atomic E-state index is -4.25. The van der Waals surface area contributed by atoms with Gasteiger partial charge >= 0.3 is 15.0 Å². The molecule has 20 nitrogen and oxygen atoms in total. The molecule has 7 N–H and O–H groups in total. The number of imidazole rings is 2. The molecule has 234 valence electrons. The van der Waals surface area contributed by atoms with Crippen molar-refractivity contribution in [2.24, 2.45) is 0 Å². The summed E-state index contributed by atoms with van der Waals surface area (Å²) >= 11 is 5.21. The van der Waals surface area contributed by atoms with Crippen molar-refractivity contribution in [3.63, 3.8) is 0 Å². The predicted molar refractivity (Wildman–Crippen MR) is 147 cm³/mol. The quantitative estimate of drug-likeness (QED) is 0.164. The average Bonchev–Trinajstić information content (AvgIpc) is 3.72. The number of nitrogens with zero attached hydrogens (tertiary/aromatic N) is 7. The van der Waals surface area contributed by atoms with Gasteiger partial charge < -0.3 is 35.5 Å². The van der Waals surface area contributed by atoms with Gasteiger partial charge in [0.25, 0.3) is 5.56 Å². The van der Waals surface area contributed by atoms with E-state index in [-0.39, 0.29) is 34.1 Å². The van der Waals surface area contributed by atoms with Crippen LogP contribution in [0.4, 0.5) is 16.2 Å². The van der Waals surface area contributed by atoms with Gasteiger partial charge in [0, 0.05) is 4.57 Å². The summed E-state index contributed by atoms with van der Waals surface area (Å²) in [5.41, 5.74) is 11.1. The van der Waals surface area contributed by atoms with E-state index in [1.807, 2.05) is 0 Å². The molecule has 2 unspecified atom stereocenters. The summed E-state index contributed by atoms with van der Waals surface area (Å²) in [4.78, 5) is 45.8. The Balaban J connectivity index is 1.18. The molecule has 0 aliphatic carbocycles. The Bertz CT molecular complexity index is 1880. The molecule has 7 rings (SSSR count). The molecule has 3 aliphatic heterocycles. The predicted octanol–water partition coefficient (Wildman–Crippen LogP) is -0.691. The number of rotatable bonds is 2. The Labute approximate surface area is 249 Å². The number of aliphatic hydroxyl groups is 1. The van der Waals surface area contributed by atoms with Crippen LogP contribution >= 0.6 is 15.0 Å². The standard InChI is InChI=1S/C20H21FN10O10P2S/c21-8-12-7(39-18(8)30-4-26-9-14(22)24-3-25-15(9)30)2-37-43(35,44)41-13-11(32)6(1-36-42(34)40-12)38-19(13)31-5-27-10-16(31)28-20(23)29-17(10)33/h3-8,11-13,18-19,32H,1-2H2,(H5-,22,23,24,25,28,29,33,35,44)/p+1/t6-,7-,8-,11-,12-,13-,18-,19-,43?/m1/s1. The minimum absolute atomic E-state index is 0.0254. The molecule has 0 radical (unpaired) electrons. The number of fused-ring (bicyclic) bond motifs is 5. The van der Waals surface area contributed by atoms with E-state index in [1.54, 1.807) is 0 Å². The largest absolute Gasteiger partial charge is 0.697 e. The van der Waals surface area contributed by atoms with Crippen molar-refractivity contribution in [3.8, 4) is 0 Å². The van der Waals surface area contributed by atoms with Gasteiger partial charge in [-0.1, -0.05) is 0 Å². The van der Waals surface area contributed by atoms with Crippen molar-refractivity contribution >= 4 is 60.9 Å². The molecule has 0 aromatic carbocycles. The first-order chi connectivity index (χ1) is 21.0. The topological polar surface area (TPSA) is 272 Å². The maximum atomic E-state index is 15.9. The highest BCUT2D eigenvalue weighted by Crippen LogP contribution is 2.51. The highest BCUT2D eigenvalue weighted by atomic mass is 32.5. The number of nitrogens with one attached hydrogen (secondary N) is 1. The van der Waals surface area contributed by atoms with Gasteiger partial charge in [-0.3, -0.25) is 23.4 Å². The number of aromatic amines is 1. The SMILES string of the molecule is Nc1nc2c(ncn2[C@@H]2O[C@@H]3CO[P+](=O)O[C@H]4[C@@H](F)[C@H](n5cnc6c(N)ncnc65)O[C@@H]4COP(O)(=S)O[C@@H]2[C@@H]3O)c(=O)[nH]1. The molecule has 4 aromatic heterocycles. The van der Waals surface area contributed by atoms with E-state index in [0.717, 1.165) is 0 Å². The number of nitrogen functional groups attached to an aromatic ring is 2. The molecule has 4 aromatic rings. The number of hydrogen-bond acceptors (Lipinski definition) is 17. The van der Waals surface area contributed by atoms with Crippen LogP contribution < -0.4 is 17.0 Å². The zero-order valence-electron chi connectivity index (χ0n) is 21.9. The Morgan fingerprint density at radius 2 is 1.77 bits per heavy atom. The van der Waals surface area contributed by atoms with Crippen molar-refractivity contribution in [1.82, 2.24) is 39.0 Å². The minimum Gasteiger partial charge on any atom is -0.387 e. The normalized spacial score (nSPS) is 35.8. The lowest BCUT2D eigenvalue weighted by molar-refractivity contribution is -0.0583. The van der Waals surface area contributed by atoms with Crippen molar-refractivity contribution in [2.45, 2.75) is 49.1 Å². The van der Waals surface area contributed by atoms with E-state index >= 15 is 4.39 Å². The fraction of sp³-hybridized carbons (Fsp3) is 0.500. The lowest BCUT2D eigenvalue weighted by atomic mass is 10.1. The average molecular weight is 675 g/mol. The van der Waals surface area contributed by atoms with Gasteiger partial charge in [-0.05, 0) is 11.8 Å². The van der Waals surface area contributed by atoms with Crippen LogP contribution in [0.3, 0.4) is 0 Å². The molecule has 7 heterocycles. The highest BCUT2D eigenvalue weighted by molar-refractivity contribution is 8.07. The van der Waals surface area contributed by atoms with Crippen LogP contribution in [0.2, 0.25) is 0 Å². The molecule has 0 spiro atoms. The molecule has 10 atom stereocenters. The van der Waals surface area contributed by atoms with Crippen LogP contribution in [0, 0.1) is 0 Å². The number of anilines is 2. The first-order valence-electron chi connectivity index (χ1n) is 12.7. The zero-order chi connectivity index (χ0) is 30.9. The summed E-state index contributed by atoms with van der Waals surface area (Å²) in [6.45, 7) is -5.38. The van der Waals surface area contributed by atoms with Crippen LogP contribution in [-0.2, 0) is 43.9 Å². The third-order valence-electron chi connectivity index (χ3n) is 7.17. The zero-order valence-corrected chi connectivity index (χ0v) is 24.5. The molecule has 44 heavy (non-hydrogen) atoms. The molecule has 3 aliphatic rings. The molecule has 24 heteroatoms. The van der Waals surface area contributed by atoms with Gasteiger partial charge in [0.2, 0.25) is 5.95 Å². The van der Waals surface area contributed by atoms with Gasteiger partial charge in [0.15, 0.2) is 47.4 Å². The van der Waals surface area contributed by atoms with Crippen LogP contribution in [0.25, 0.3) is 22.3 Å². The van der Waals surface area contributed by atoms with Gasteiger partial charge in [0.1, 0.15) is 42.9 Å². The first kappa shape index (κ1) is 29.6. The number of aliphatic hydroxyl groups excluding tert-OH is 1. The van der Waals surface area contributed by atoms with Crippen LogP contribution in [-0.4, -0.2) is 98.9 Å². The first-order valence-corrected chi connectivity index (χ1v) is 16.4. The van der Waals surface area contributed by atoms with Gasteiger partial charge in [-0.25, -0.2) is 24.3 Å². The summed E-state index contributed by atoms with van der Waals surface area (Å²) in [6, 6.07) is 0. The summed E-state index contributed by atoms with van der Waals surface area (Å²) in [6.07, 6.45) is -8.13. The summed E-state index contributed by atoms with van der Waals surface area (Å²) < 4.78 is 64.9. The number of H-pyrrole nitrogens is 1. The van der Waals surface area contributed by atoms with E-state index in [2.05, 4.69) is 29.9 Å². The monoisotopic (exact) mass is 675 g/mol. The van der Waals surface area contributed by atoms with E-state index < -0.39 is 82.9 Å². The Morgan fingerprint density at radius 1 is 1.05 bits per heavy atom. The molecule has 3 fully saturated rings. The van der Waals surface area contributed by atoms with Crippen molar-refractivity contribution in [1.29, 1.82) is 0 Å². The smallest absolute Gasteiger partial charge is 0.387 e. The van der Waals surface area contributed by atoms with Gasteiger partial charge in [-0.2, -0.15) is 4.98 Å². The molecule has 3 saturated heterocycles. The van der Waals surface area contributed by atoms with Gasteiger partial charge in [0.05, 0.1) is 19.3 Å². The Kier molecular flexibility index (Phi) is 7.41. The molecule has 0 saturated carbocycles. The number of aromatic nitrogens is 8. The summed E-state index contributed by atoms with van der Waals surface area (Å²) in [7, 11) is -3.02. The molecular weight excluding hydrogens is 653 g/mol. The Hall–Kier alpha value is -3.14. The van der Waals surface area contributed by atoms with Crippen molar-refractivity contribution < 1.29 is 46.5 Å². The number of halogens is 1. The summed E-state index contributed by atoms with van der Waals surface area (Å²) in [5.74, 6) is -0.159. The number of nitrogens with two attached hydrogens (primary N) is 2. The lowest BCUT2D eigenvalue weighted by Gasteiger charge is -2.26. The van der Waals surface area contributed by atoms with E-state index in [9.17, 15) is 19.4 Å². The van der Waals surface area contributed by atoms with E-state index in [0.29, 0.717) is 0 Å². The number of alkyl halides is 1. The second-order valence-corrected chi connectivity index (χ2v) is 13.6. The fourth-order valence-electron chi connectivity index (χ4n) is 5.17. The molecular formula is C20H22FN10O10P2S+. The second kappa shape index (κ2) is 11.0. The number of ether oxygens (including phenoxy) is 2. The fourth-order valence-corrected chi connectivity index (χ4v) is 7.37. The van der Waals surface area contributed by atoms with E-state index in [4.69, 9.17) is 50.8 Å². The second-order valence-electron chi connectivity index (χ2n) is 9.85. The Morgan fingerprint density at radius 3 is 2.57 bits per heavy atom. The lowest BCUT2D eigenvalue weighted by Crippen LogP contribution is -2.35. The summed E-state index contributed by atoms with van der Waals surface area (Å²) in [5, 5.41) is 11.1. The third-order valence-corrected chi connectivity index (χ3v) is 9.51. The molecule has 0 amide bonds. The maximum Gasteiger partial charge on any atom is 0.697 e. The van der Waals surface area contributed by atoms with Crippen molar-refractivity contribution in [2.75, 3.05) is 24.7 Å². The molecule has 2 bridgehead atoms. The third kappa shape index (κ3) is 5.07. The van der Waals surface area contributed by atoms with Crippen LogP contribution in [0.1, 0.15) is 12.5 Å². The van der Waals surface area contributed by atoms with Crippen LogP contribution in [0.15, 0.2) is 23.8 Å². The van der Waals surface area contributed by atoms with Crippen LogP contribution in [0.5, 0.6) is 0 Å². The van der Waals surface area contributed by atoms with Gasteiger partial charge in [-0.15, -0.1) is 9.05 Å². The van der Waals surface area contributed by atoms with Crippen molar-refractivity contribution in [3.05, 3.63) is 29.3 Å². The highest BCUT2D eigenvalue weighted by Gasteiger charge is 2.55.